The van der Waals surface area contributed by atoms with Gasteiger partial charge in [-0.15, -0.1) is 0 Å². The maximum atomic E-state index is 9.10. The summed E-state index contributed by atoms with van der Waals surface area (Å²) in [6, 6.07) is 8.72. The van der Waals surface area contributed by atoms with Crippen LogP contribution in [-0.4, -0.2) is 19.2 Å². The van der Waals surface area contributed by atoms with Gasteiger partial charge < -0.3 is 10.1 Å². The highest BCUT2D eigenvalue weighted by atomic mass is 16.5. The van der Waals surface area contributed by atoms with E-state index < -0.39 is 5.54 Å². The molecule has 0 heterocycles. The van der Waals surface area contributed by atoms with Crippen LogP contribution in [0.5, 0.6) is 5.75 Å². The van der Waals surface area contributed by atoms with E-state index in [9.17, 15) is 0 Å². The van der Waals surface area contributed by atoms with Gasteiger partial charge in [-0.1, -0.05) is 26.0 Å². The molecule has 21 heavy (non-hydrogen) atoms. The minimum atomic E-state index is -0.424. The molecule has 0 saturated carbocycles. The molecule has 0 aliphatic rings. The molecular formula is C18H28N2O. The highest BCUT2D eigenvalue weighted by molar-refractivity contribution is 5.39. The van der Waals surface area contributed by atoms with Crippen molar-refractivity contribution in [3.63, 3.8) is 0 Å². The van der Waals surface area contributed by atoms with Gasteiger partial charge in [-0.3, -0.25) is 0 Å². The Balaban J connectivity index is 2.47. The number of nitriles is 1. The SMILES string of the molecule is CNC(C)(C#N)CCCCOc1cc(C)ccc1C(C)C. The first-order valence-corrected chi connectivity index (χ1v) is 7.75. The van der Waals surface area contributed by atoms with Crippen molar-refractivity contribution in [2.75, 3.05) is 13.7 Å². The average Bonchev–Trinajstić information content (AvgIpc) is 2.46. The number of benzene rings is 1. The molecule has 116 valence electrons. The Morgan fingerprint density at radius 2 is 2.05 bits per heavy atom. The summed E-state index contributed by atoms with van der Waals surface area (Å²) >= 11 is 0. The van der Waals surface area contributed by atoms with E-state index in [-0.39, 0.29) is 0 Å². The Morgan fingerprint density at radius 3 is 2.62 bits per heavy atom. The summed E-state index contributed by atoms with van der Waals surface area (Å²) in [6.45, 7) is 9.09. The third kappa shape index (κ3) is 5.40. The van der Waals surface area contributed by atoms with Gasteiger partial charge in [0.2, 0.25) is 0 Å². The summed E-state index contributed by atoms with van der Waals surface area (Å²) in [6.07, 6.45) is 2.78. The summed E-state index contributed by atoms with van der Waals surface area (Å²) < 4.78 is 5.96. The molecule has 1 atom stereocenters. The Labute approximate surface area is 129 Å². The van der Waals surface area contributed by atoms with Crippen molar-refractivity contribution in [1.29, 1.82) is 5.26 Å². The topological polar surface area (TPSA) is 45.0 Å². The summed E-state index contributed by atoms with van der Waals surface area (Å²) in [7, 11) is 1.83. The largest absolute Gasteiger partial charge is 0.493 e. The molecular weight excluding hydrogens is 260 g/mol. The van der Waals surface area contributed by atoms with Gasteiger partial charge >= 0.3 is 0 Å². The zero-order valence-electron chi connectivity index (χ0n) is 14.0. The van der Waals surface area contributed by atoms with Crippen molar-refractivity contribution in [2.45, 2.75) is 58.4 Å². The van der Waals surface area contributed by atoms with E-state index in [4.69, 9.17) is 10.00 Å². The molecule has 0 amide bonds. The van der Waals surface area contributed by atoms with Gasteiger partial charge in [0, 0.05) is 0 Å². The van der Waals surface area contributed by atoms with Crippen LogP contribution in [0.3, 0.4) is 0 Å². The van der Waals surface area contributed by atoms with Crippen molar-refractivity contribution < 1.29 is 4.74 Å². The lowest BCUT2D eigenvalue weighted by Crippen LogP contribution is -2.37. The molecule has 3 nitrogen and oxygen atoms in total. The molecule has 0 fully saturated rings. The number of ether oxygens (including phenoxy) is 1. The highest BCUT2D eigenvalue weighted by Crippen LogP contribution is 2.27. The van der Waals surface area contributed by atoms with Crippen LogP contribution >= 0.6 is 0 Å². The molecule has 0 radical (unpaired) electrons. The predicted octanol–water partition coefficient (Wildman–Crippen LogP) is 4.17. The number of hydrogen-bond acceptors (Lipinski definition) is 3. The molecule has 1 aromatic rings. The predicted molar refractivity (Wildman–Crippen MR) is 87.7 cm³/mol. The van der Waals surface area contributed by atoms with E-state index in [0.717, 1.165) is 25.0 Å². The first-order valence-electron chi connectivity index (χ1n) is 7.75. The standard InChI is InChI=1S/C18H28N2O/c1-14(2)16-9-8-15(3)12-17(16)21-11-7-6-10-18(4,13-19)20-5/h8-9,12,14,20H,6-7,10-11H2,1-5H3. The summed E-state index contributed by atoms with van der Waals surface area (Å²) in [4.78, 5) is 0. The van der Waals surface area contributed by atoms with Gasteiger partial charge in [-0.2, -0.15) is 5.26 Å². The minimum Gasteiger partial charge on any atom is -0.493 e. The van der Waals surface area contributed by atoms with Crippen molar-refractivity contribution in [3.05, 3.63) is 29.3 Å². The maximum Gasteiger partial charge on any atom is 0.122 e. The monoisotopic (exact) mass is 288 g/mol. The molecule has 0 aliphatic heterocycles. The quantitative estimate of drug-likeness (QED) is 0.730. The first kappa shape index (κ1) is 17.5. The van der Waals surface area contributed by atoms with Crippen LogP contribution < -0.4 is 10.1 Å². The van der Waals surface area contributed by atoms with Gasteiger partial charge in [0.15, 0.2) is 0 Å². The van der Waals surface area contributed by atoms with Crippen LogP contribution in [0.15, 0.2) is 18.2 Å². The van der Waals surface area contributed by atoms with E-state index in [1.807, 2.05) is 14.0 Å². The summed E-state index contributed by atoms with van der Waals surface area (Å²) in [5.74, 6) is 1.47. The van der Waals surface area contributed by atoms with Gasteiger partial charge in [-0.25, -0.2) is 0 Å². The molecule has 0 saturated heterocycles. The molecule has 1 rings (SSSR count). The van der Waals surface area contributed by atoms with Crippen LogP contribution in [0.4, 0.5) is 0 Å². The molecule has 0 aliphatic carbocycles. The van der Waals surface area contributed by atoms with Gasteiger partial charge in [0.05, 0.1) is 12.7 Å². The summed E-state index contributed by atoms with van der Waals surface area (Å²) in [5.41, 5.74) is 2.06. The molecule has 1 aromatic carbocycles. The lowest BCUT2D eigenvalue weighted by molar-refractivity contribution is 0.293. The van der Waals surface area contributed by atoms with Gasteiger partial charge in [-0.05, 0) is 63.3 Å². The van der Waals surface area contributed by atoms with E-state index in [1.54, 1.807) is 0 Å². The van der Waals surface area contributed by atoms with Crippen molar-refractivity contribution in [1.82, 2.24) is 5.32 Å². The molecule has 0 bridgehead atoms. The zero-order chi connectivity index (χ0) is 15.9. The van der Waals surface area contributed by atoms with Crippen molar-refractivity contribution in [2.24, 2.45) is 0 Å². The Morgan fingerprint density at radius 1 is 1.33 bits per heavy atom. The fraction of sp³-hybridized carbons (Fsp3) is 0.611. The maximum absolute atomic E-state index is 9.10. The second kappa shape index (κ2) is 8.05. The fourth-order valence-corrected chi connectivity index (χ4v) is 2.24. The van der Waals surface area contributed by atoms with E-state index >= 15 is 0 Å². The third-order valence-corrected chi connectivity index (χ3v) is 3.92. The number of nitrogens with one attached hydrogen (secondary N) is 1. The van der Waals surface area contributed by atoms with Crippen LogP contribution in [-0.2, 0) is 0 Å². The number of hydrogen-bond donors (Lipinski definition) is 1. The van der Waals surface area contributed by atoms with Crippen LogP contribution in [0, 0.1) is 18.3 Å². The molecule has 0 aromatic heterocycles. The Hall–Kier alpha value is -1.53. The smallest absolute Gasteiger partial charge is 0.122 e. The number of unbranched alkanes of at least 4 members (excludes halogenated alkanes) is 1. The van der Waals surface area contributed by atoms with Gasteiger partial charge in [0.1, 0.15) is 11.3 Å². The minimum absolute atomic E-state index is 0.424. The number of rotatable bonds is 8. The summed E-state index contributed by atoms with van der Waals surface area (Å²) in [5, 5.41) is 12.2. The lowest BCUT2D eigenvalue weighted by Gasteiger charge is -2.20. The lowest BCUT2D eigenvalue weighted by atomic mass is 9.97. The van der Waals surface area contributed by atoms with Crippen LogP contribution in [0.2, 0.25) is 0 Å². The van der Waals surface area contributed by atoms with E-state index in [2.05, 4.69) is 50.4 Å². The molecule has 3 heteroatoms. The fourth-order valence-electron chi connectivity index (χ4n) is 2.24. The normalized spacial score (nSPS) is 13.8. The second-order valence-corrected chi connectivity index (χ2v) is 6.20. The third-order valence-electron chi connectivity index (χ3n) is 3.92. The molecule has 1 unspecified atom stereocenters. The van der Waals surface area contributed by atoms with E-state index in [0.29, 0.717) is 12.5 Å². The Kier molecular flexibility index (Phi) is 6.71. The highest BCUT2D eigenvalue weighted by Gasteiger charge is 2.19. The first-order chi connectivity index (χ1) is 9.91. The van der Waals surface area contributed by atoms with Crippen molar-refractivity contribution >= 4 is 0 Å². The molecule has 0 spiro atoms. The average molecular weight is 288 g/mol. The number of nitrogens with zero attached hydrogens (tertiary/aromatic N) is 1. The Bertz CT molecular complexity index is 490. The van der Waals surface area contributed by atoms with Crippen LogP contribution in [0.1, 0.15) is 57.1 Å². The zero-order valence-corrected chi connectivity index (χ0v) is 14.0. The van der Waals surface area contributed by atoms with Gasteiger partial charge in [0.25, 0.3) is 0 Å². The van der Waals surface area contributed by atoms with E-state index in [1.165, 1.54) is 11.1 Å². The second-order valence-electron chi connectivity index (χ2n) is 6.20. The number of aryl methyl sites for hydroxylation is 1. The molecule has 1 N–H and O–H groups in total. The van der Waals surface area contributed by atoms with Crippen molar-refractivity contribution in [3.8, 4) is 11.8 Å². The van der Waals surface area contributed by atoms with Crippen LogP contribution in [0.25, 0.3) is 0 Å².